The molecule has 1 aliphatic rings. The first-order valence-electron chi connectivity index (χ1n) is 7.31. The summed E-state index contributed by atoms with van der Waals surface area (Å²) in [5, 5.41) is -0.128. The van der Waals surface area contributed by atoms with Crippen LogP contribution in [-0.2, 0) is 9.84 Å². The molecule has 0 radical (unpaired) electrons. The summed E-state index contributed by atoms with van der Waals surface area (Å²) >= 11 is 0. The highest BCUT2D eigenvalue weighted by Gasteiger charge is 2.25. The quantitative estimate of drug-likeness (QED) is 0.779. The van der Waals surface area contributed by atoms with Gasteiger partial charge in [-0.15, -0.1) is 0 Å². The zero-order chi connectivity index (χ0) is 13.7. The number of sulfone groups is 1. The lowest BCUT2D eigenvalue weighted by molar-refractivity contribution is 0.560. The molecule has 1 aliphatic heterocycles. The standard InChI is InChI=1S/C15H23BO2S/c1-19(17,18)15-10-6-3-7-12-16(13-11-15)14-8-4-2-5-9-14/h2,4-5,8-9,15H,3,6-7,10-13H2,1H3. The van der Waals surface area contributed by atoms with Crippen molar-refractivity contribution < 1.29 is 8.42 Å². The Morgan fingerprint density at radius 2 is 1.74 bits per heavy atom. The van der Waals surface area contributed by atoms with Crippen LogP contribution in [0.3, 0.4) is 0 Å². The Balaban J connectivity index is 2.10. The third-order valence-corrected chi connectivity index (χ3v) is 5.97. The van der Waals surface area contributed by atoms with Crippen LogP contribution >= 0.6 is 0 Å². The molecule has 1 saturated heterocycles. The van der Waals surface area contributed by atoms with Gasteiger partial charge in [-0.2, -0.15) is 0 Å². The second-order valence-corrected chi connectivity index (χ2v) is 8.10. The van der Waals surface area contributed by atoms with Gasteiger partial charge in [-0.05, 0) is 12.8 Å². The minimum atomic E-state index is -2.89. The van der Waals surface area contributed by atoms with Gasteiger partial charge in [0, 0.05) is 6.26 Å². The molecule has 1 fully saturated rings. The fourth-order valence-corrected chi connectivity index (χ4v) is 4.26. The predicted octanol–water partition coefficient (Wildman–Crippen LogP) is 2.77. The summed E-state index contributed by atoms with van der Waals surface area (Å²) in [7, 11) is -2.89. The molecule has 1 heterocycles. The topological polar surface area (TPSA) is 34.1 Å². The molecule has 104 valence electrons. The van der Waals surface area contributed by atoms with Crippen LogP contribution in [0.15, 0.2) is 30.3 Å². The van der Waals surface area contributed by atoms with E-state index in [1.165, 1.54) is 24.5 Å². The Hall–Kier alpha value is -0.765. The van der Waals surface area contributed by atoms with Crippen molar-refractivity contribution in [3.63, 3.8) is 0 Å². The zero-order valence-corrected chi connectivity index (χ0v) is 12.5. The van der Waals surface area contributed by atoms with Crippen molar-refractivity contribution in [3.8, 4) is 0 Å². The first-order valence-corrected chi connectivity index (χ1v) is 9.26. The maximum absolute atomic E-state index is 11.8. The highest BCUT2D eigenvalue weighted by Crippen LogP contribution is 2.22. The molecule has 0 N–H and O–H groups in total. The highest BCUT2D eigenvalue weighted by molar-refractivity contribution is 7.91. The Morgan fingerprint density at radius 3 is 2.42 bits per heavy atom. The van der Waals surface area contributed by atoms with Gasteiger partial charge >= 0.3 is 0 Å². The summed E-state index contributed by atoms with van der Waals surface area (Å²) < 4.78 is 23.6. The molecule has 1 atom stereocenters. The largest absolute Gasteiger partial charge is 0.229 e. The third-order valence-electron chi connectivity index (χ3n) is 4.29. The van der Waals surface area contributed by atoms with Gasteiger partial charge in [-0.3, -0.25) is 0 Å². The minimum absolute atomic E-state index is 0.128. The number of hydrogen-bond donors (Lipinski definition) is 0. The molecule has 4 heteroatoms. The molecule has 0 amide bonds. The number of rotatable bonds is 2. The Morgan fingerprint density at radius 1 is 1.00 bits per heavy atom. The first-order chi connectivity index (χ1) is 9.07. The van der Waals surface area contributed by atoms with E-state index < -0.39 is 9.84 Å². The molecule has 0 bridgehead atoms. The molecule has 19 heavy (non-hydrogen) atoms. The highest BCUT2D eigenvalue weighted by atomic mass is 32.2. The van der Waals surface area contributed by atoms with Crippen LogP contribution in [0.25, 0.3) is 0 Å². The van der Waals surface area contributed by atoms with Crippen molar-refractivity contribution in [2.45, 2.75) is 50.0 Å². The summed E-state index contributed by atoms with van der Waals surface area (Å²) in [6.07, 6.45) is 8.69. The predicted molar refractivity (Wildman–Crippen MR) is 83.2 cm³/mol. The average molecular weight is 278 g/mol. The van der Waals surface area contributed by atoms with Crippen molar-refractivity contribution in [1.82, 2.24) is 0 Å². The summed E-state index contributed by atoms with van der Waals surface area (Å²) in [4.78, 5) is 0. The van der Waals surface area contributed by atoms with E-state index in [0.717, 1.165) is 32.0 Å². The van der Waals surface area contributed by atoms with Gasteiger partial charge in [0.25, 0.3) is 0 Å². The van der Waals surface area contributed by atoms with Crippen LogP contribution in [0.4, 0.5) is 0 Å². The van der Waals surface area contributed by atoms with E-state index in [0.29, 0.717) is 6.71 Å². The van der Waals surface area contributed by atoms with Crippen molar-refractivity contribution in [2.75, 3.05) is 6.26 Å². The first kappa shape index (κ1) is 14.6. The van der Waals surface area contributed by atoms with E-state index >= 15 is 0 Å². The second-order valence-electron chi connectivity index (χ2n) is 5.77. The van der Waals surface area contributed by atoms with Crippen molar-refractivity contribution in [1.29, 1.82) is 0 Å². The zero-order valence-electron chi connectivity index (χ0n) is 11.7. The van der Waals surface area contributed by atoms with Crippen LogP contribution < -0.4 is 5.46 Å². The van der Waals surface area contributed by atoms with E-state index in [1.54, 1.807) is 0 Å². The number of hydrogen-bond acceptors (Lipinski definition) is 2. The molecule has 2 rings (SSSR count). The van der Waals surface area contributed by atoms with Crippen LogP contribution in [0, 0.1) is 0 Å². The normalized spacial score (nSPS) is 22.4. The van der Waals surface area contributed by atoms with Crippen molar-refractivity contribution in [3.05, 3.63) is 30.3 Å². The lowest BCUT2D eigenvalue weighted by Gasteiger charge is -2.16. The van der Waals surface area contributed by atoms with Gasteiger partial charge < -0.3 is 0 Å². The van der Waals surface area contributed by atoms with Gasteiger partial charge in [0.2, 0.25) is 0 Å². The van der Waals surface area contributed by atoms with Crippen LogP contribution in [-0.4, -0.2) is 26.6 Å². The smallest absolute Gasteiger partial charge is 0.175 e. The molecular formula is C15H23BO2S. The summed E-state index contributed by atoms with van der Waals surface area (Å²) in [5.74, 6) is 0. The maximum Gasteiger partial charge on any atom is 0.175 e. The molecule has 0 aliphatic carbocycles. The molecule has 0 spiro atoms. The fraction of sp³-hybridized carbons (Fsp3) is 0.600. The molecule has 0 aromatic heterocycles. The SMILES string of the molecule is CS(=O)(=O)C1CCCCCB(c2ccccc2)CC1. The van der Waals surface area contributed by atoms with Gasteiger partial charge in [-0.25, -0.2) is 8.42 Å². The monoisotopic (exact) mass is 278 g/mol. The lowest BCUT2D eigenvalue weighted by atomic mass is 9.40. The van der Waals surface area contributed by atoms with E-state index in [-0.39, 0.29) is 5.25 Å². The Labute approximate surface area is 117 Å². The van der Waals surface area contributed by atoms with Gasteiger partial charge in [0.15, 0.2) is 6.71 Å². The van der Waals surface area contributed by atoms with Crippen LogP contribution in [0.2, 0.25) is 12.6 Å². The molecular weight excluding hydrogens is 255 g/mol. The van der Waals surface area contributed by atoms with E-state index in [1.807, 2.05) is 6.07 Å². The Kier molecular flexibility index (Phi) is 5.09. The van der Waals surface area contributed by atoms with Gasteiger partial charge in [0.1, 0.15) is 9.84 Å². The molecule has 1 aromatic carbocycles. The van der Waals surface area contributed by atoms with Gasteiger partial charge in [-0.1, -0.05) is 67.7 Å². The maximum atomic E-state index is 11.8. The fourth-order valence-electron chi connectivity index (χ4n) is 3.10. The van der Waals surface area contributed by atoms with Gasteiger partial charge in [0.05, 0.1) is 5.25 Å². The summed E-state index contributed by atoms with van der Waals surface area (Å²) in [6, 6.07) is 10.6. The second kappa shape index (κ2) is 6.60. The third kappa shape index (κ3) is 4.38. The van der Waals surface area contributed by atoms with E-state index in [2.05, 4.69) is 24.3 Å². The van der Waals surface area contributed by atoms with Crippen molar-refractivity contribution in [2.24, 2.45) is 0 Å². The minimum Gasteiger partial charge on any atom is -0.229 e. The van der Waals surface area contributed by atoms with E-state index in [9.17, 15) is 8.42 Å². The lowest BCUT2D eigenvalue weighted by Crippen LogP contribution is -2.31. The number of benzene rings is 1. The van der Waals surface area contributed by atoms with E-state index in [4.69, 9.17) is 0 Å². The molecule has 2 nitrogen and oxygen atoms in total. The molecule has 0 saturated carbocycles. The van der Waals surface area contributed by atoms with Crippen LogP contribution in [0.5, 0.6) is 0 Å². The Bertz CT molecular complexity index is 484. The molecule has 1 unspecified atom stereocenters. The summed E-state index contributed by atoms with van der Waals surface area (Å²) in [6.45, 7) is 0.531. The molecule has 1 aromatic rings. The summed E-state index contributed by atoms with van der Waals surface area (Å²) in [5.41, 5.74) is 1.37. The average Bonchev–Trinajstić information content (AvgIpc) is 2.50. The van der Waals surface area contributed by atoms with Crippen molar-refractivity contribution >= 4 is 22.0 Å². The van der Waals surface area contributed by atoms with Crippen LogP contribution in [0.1, 0.15) is 32.1 Å².